The van der Waals surface area contributed by atoms with Crippen LogP contribution in [-0.2, 0) is 4.74 Å². The molecule has 0 aliphatic carbocycles. The predicted octanol–water partition coefficient (Wildman–Crippen LogP) is 2.47. The highest BCUT2D eigenvalue weighted by Crippen LogP contribution is 2.19. The number of hydrogen-bond acceptors (Lipinski definition) is 3. The van der Waals surface area contributed by atoms with Crippen molar-refractivity contribution in [2.45, 2.75) is 31.9 Å². The molecule has 1 aliphatic heterocycles. The minimum Gasteiger partial charge on any atom is -0.377 e. The molecule has 1 aromatic rings. The van der Waals surface area contributed by atoms with Crippen molar-refractivity contribution < 1.29 is 9.13 Å². The Morgan fingerprint density at radius 3 is 3.06 bits per heavy atom. The Morgan fingerprint density at radius 1 is 1.61 bits per heavy atom. The zero-order valence-electron chi connectivity index (χ0n) is 10.4. The number of ether oxygens (including phenoxy) is 1. The van der Waals surface area contributed by atoms with Gasteiger partial charge in [0.15, 0.2) is 0 Å². The number of aryl methyl sites for hydroxylation is 1. The van der Waals surface area contributed by atoms with E-state index in [1.165, 1.54) is 12.1 Å². The molecule has 0 bridgehead atoms. The first-order valence-electron chi connectivity index (χ1n) is 6.21. The molecule has 96 valence electrons. The van der Waals surface area contributed by atoms with Crippen LogP contribution in [0.4, 0.5) is 4.39 Å². The van der Waals surface area contributed by atoms with Crippen LogP contribution < -0.4 is 5.32 Å². The van der Waals surface area contributed by atoms with Gasteiger partial charge < -0.3 is 4.74 Å². The summed E-state index contributed by atoms with van der Waals surface area (Å²) >= 11 is 0. The average molecular weight is 248 g/mol. The van der Waals surface area contributed by atoms with Gasteiger partial charge in [0.05, 0.1) is 12.2 Å². The molecule has 0 radical (unpaired) electrons. The van der Waals surface area contributed by atoms with Crippen LogP contribution >= 0.6 is 0 Å². The summed E-state index contributed by atoms with van der Waals surface area (Å²) < 4.78 is 18.5. The standard InChI is InChI=1S/C14H17FN2O/c1-10-7-11(15)4-5-13(10)14(8-16)17-9-12-3-2-6-18-12/h4-5,7,12,14,17H,2-3,6,9H2,1H3. The maximum absolute atomic E-state index is 13.0. The maximum Gasteiger partial charge on any atom is 0.123 e. The Balaban J connectivity index is 2.01. The summed E-state index contributed by atoms with van der Waals surface area (Å²) in [5.74, 6) is -0.271. The molecule has 0 aromatic heterocycles. The fourth-order valence-electron chi connectivity index (χ4n) is 2.24. The van der Waals surface area contributed by atoms with Crippen LogP contribution in [0, 0.1) is 24.1 Å². The number of nitriles is 1. The van der Waals surface area contributed by atoms with Gasteiger partial charge in [-0.05, 0) is 43.0 Å². The van der Waals surface area contributed by atoms with E-state index >= 15 is 0 Å². The van der Waals surface area contributed by atoms with Gasteiger partial charge in [0.1, 0.15) is 11.9 Å². The van der Waals surface area contributed by atoms with Crippen LogP contribution in [0.2, 0.25) is 0 Å². The molecule has 0 saturated carbocycles. The fraction of sp³-hybridized carbons (Fsp3) is 0.500. The second kappa shape index (κ2) is 5.94. The van der Waals surface area contributed by atoms with Crippen LogP contribution in [0.5, 0.6) is 0 Å². The number of nitrogens with zero attached hydrogens (tertiary/aromatic N) is 1. The van der Waals surface area contributed by atoms with E-state index in [1.54, 1.807) is 6.07 Å². The van der Waals surface area contributed by atoms with Crippen LogP contribution in [-0.4, -0.2) is 19.3 Å². The predicted molar refractivity (Wildman–Crippen MR) is 66.5 cm³/mol. The van der Waals surface area contributed by atoms with Gasteiger partial charge in [-0.3, -0.25) is 5.32 Å². The first-order valence-corrected chi connectivity index (χ1v) is 6.21. The van der Waals surface area contributed by atoms with E-state index < -0.39 is 6.04 Å². The lowest BCUT2D eigenvalue weighted by Gasteiger charge is -2.17. The minimum atomic E-state index is -0.408. The number of nitrogens with one attached hydrogen (secondary N) is 1. The van der Waals surface area contributed by atoms with Gasteiger partial charge in [-0.1, -0.05) is 6.07 Å². The summed E-state index contributed by atoms with van der Waals surface area (Å²) in [4.78, 5) is 0. The lowest BCUT2D eigenvalue weighted by atomic mass is 10.0. The monoisotopic (exact) mass is 248 g/mol. The Kier molecular flexibility index (Phi) is 4.29. The smallest absolute Gasteiger partial charge is 0.123 e. The largest absolute Gasteiger partial charge is 0.377 e. The van der Waals surface area contributed by atoms with Crippen LogP contribution in [0.1, 0.15) is 30.0 Å². The summed E-state index contributed by atoms with van der Waals surface area (Å²) in [5, 5.41) is 12.4. The van der Waals surface area contributed by atoms with E-state index in [-0.39, 0.29) is 11.9 Å². The molecule has 0 amide bonds. The summed E-state index contributed by atoms with van der Waals surface area (Å²) in [7, 11) is 0. The highest BCUT2D eigenvalue weighted by molar-refractivity contribution is 5.32. The quantitative estimate of drug-likeness (QED) is 0.890. The van der Waals surface area contributed by atoms with Crippen molar-refractivity contribution in [3.05, 3.63) is 35.1 Å². The maximum atomic E-state index is 13.0. The third-order valence-corrected chi connectivity index (χ3v) is 3.25. The van der Waals surface area contributed by atoms with Gasteiger partial charge in [-0.25, -0.2) is 4.39 Å². The highest BCUT2D eigenvalue weighted by Gasteiger charge is 2.19. The van der Waals surface area contributed by atoms with E-state index in [0.29, 0.717) is 6.54 Å². The molecule has 1 aliphatic rings. The van der Waals surface area contributed by atoms with E-state index in [2.05, 4.69) is 11.4 Å². The van der Waals surface area contributed by atoms with Gasteiger partial charge in [-0.15, -0.1) is 0 Å². The lowest BCUT2D eigenvalue weighted by Crippen LogP contribution is -2.29. The second-order valence-corrected chi connectivity index (χ2v) is 4.61. The Morgan fingerprint density at radius 2 is 2.44 bits per heavy atom. The molecule has 1 fully saturated rings. The number of benzene rings is 1. The molecule has 18 heavy (non-hydrogen) atoms. The van der Waals surface area contributed by atoms with Gasteiger partial charge >= 0.3 is 0 Å². The SMILES string of the molecule is Cc1cc(F)ccc1C(C#N)NCC1CCCO1. The van der Waals surface area contributed by atoms with Crippen molar-refractivity contribution in [2.75, 3.05) is 13.2 Å². The molecule has 0 spiro atoms. The third-order valence-electron chi connectivity index (χ3n) is 3.25. The number of rotatable bonds is 4. The molecule has 1 N–H and O–H groups in total. The highest BCUT2D eigenvalue weighted by atomic mass is 19.1. The molecule has 1 saturated heterocycles. The summed E-state index contributed by atoms with van der Waals surface area (Å²) in [5.41, 5.74) is 1.62. The molecular formula is C14H17FN2O. The normalized spacial score (nSPS) is 20.6. The average Bonchev–Trinajstić information content (AvgIpc) is 2.85. The van der Waals surface area contributed by atoms with Gasteiger partial charge in [-0.2, -0.15) is 5.26 Å². The fourth-order valence-corrected chi connectivity index (χ4v) is 2.24. The van der Waals surface area contributed by atoms with Crippen LogP contribution in [0.25, 0.3) is 0 Å². The zero-order valence-corrected chi connectivity index (χ0v) is 10.4. The van der Waals surface area contributed by atoms with Crippen molar-refractivity contribution in [3.63, 3.8) is 0 Å². The second-order valence-electron chi connectivity index (χ2n) is 4.61. The molecular weight excluding hydrogens is 231 g/mol. The van der Waals surface area contributed by atoms with E-state index in [0.717, 1.165) is 30.6 Å². The third kappa shape index (κ3) is 3.06. The molecule has 1 aromatic carbocycles. The molecule has 3 nitrogen and oxygen atoms in total. The van der Waals surface area contributed by atoms with Crippen LogP contribution in [0.15, 0.2) is 18.2 Å². The van der Waals surface area contributed by atoms with Crippen LogP contribution in [0.3, 0.4) is 0 Å². The van der Waals surface area contributed by atoms with Crippen molar-refractivity contribution in [1.29, 1.82) is 5.26 Å². The van der Waals surface area contributed by atoms with E-state index in [4.69, 9.17) is 4.74 Å². The van der Waals surface area contributed by atoms with E-state index in [9.17, 15) is 9.65 Å². The van der Waals surface area contributed by atoms with Crippen molar-refractivity contribution in [2.24, 2.45) is 0 Å². The molecule has 1 heterocycles. The first kappa shape index (κ1) is 13.0. The Hall–Kier alpha value is -1.44. The molecule has 4 heteroatoms. The first-order chi connectivity index (χ1) is 8.70. The van der Waals surface area contributed by atoms with Crippen molar-refractivity contribution in [1.82, 2.24) is 5.32 Å². The summed E-state index contributed by atoms with van der Waals surface area (Å²) in [6.45, 7) is 3.28. The summed E-state index contributed by atoms with van der Waals surface area (Å²) in [6.07, 6.45) is 2.31. The topological polar surface area (TPSA) is 45.0 Å². The van der Waals surface area contributed by atoms with Crippen molar-refractivity contribution in [3.8, 4) is 6.07 Å². The Bertz CT molecular complexity index is 450. The number of halogens is 1. The van der Waals surface area contributed by atoms with Gasteiger partial charge in [0.25, 0.3) is 0 Å². The summed E-state index contributed by atoms with van der Waals surface area (Å²) in [6, 6.07) is 6.31. The lowest BCUT2D eigenvalue weighted by molar-refractivity contribution is 0.109. The molecule has 2 atom stereocenters. The van der Waals surface area contributed by atoms with E-state index in [1.807, 2.05) is 6.92 Å². The Labute approximate surface area is 107 Å². The van der Waals surface area contributed by atoms with Gasteiger partial charge in [0, 0.05) is 13.2 Å². The number of hydrogen-bond donors (Lipinski definition) is 1. The zero-order chi connectivity index (χ0) is 13.0. The molecule has 2 rings (SSSR count). The van der Waals surface area contributed by atoms with Gasteiger partial charge in [0.2, 0.25) is 0 Å². The molecule has 2 unspecified atom stereocenters. The minimum absolute atomic E-state index is 0.196. The van der Waals surface area contributed by atoms with Crippen molar-refractivity contribution >= 4 is 0 Å².